The van der Waals surface area contributed by atoms with E-state index in [0.717, 1.165) is 25.1 Å². The molecule has 2 fully saturated rings. The third-order valence-corrected chi connectivity index (χ3v) is 5.36. The van der Waals surface area contributed by atoms with Crippen LogP contribution in [0.4, 0.5) is 0 Å². The van der Waals surface area contributed by atoms with Gasteiger partial charge in [-0.05, 0) is 56.8 Å². The normalized spacial score (nSPS) is 26.6. The highest BCUT2D eigenvalue weighted by Crippen LogP contribution is 2.28. The highest BCUT2D eigenvalue weighted by Gasteiger charge is 2.32. The van der Waals surface area contributed by atoms with Crippen molar-refractivity contribution in [1.82, 2.24) is 9.80 Å². The molecule has 2 aliphatic heterocycles. The largest absolute Gasteiger partial charge is 0.339 e. The molecule has 1 aromatic carbocycles. The van der Waals surface area contributed by atoms with Gasteiger partial charge in [0.15, 0.2) is 0 Å². The second kappa shape index (κ2) is 7.78. The SMILES string of the molecule is CN1CCCCC1C1CCCN(C(=O)C=Cc2ccccc2)C1. The highest BCUT2D eigenvalue weighted by molar-refractivity contribution is 5.91. The number of nitrogens with zero attached hydrogens (tertiary/aromatic N) is 2. The van der Waals surface area contributed by atoms with Crippen LogP contribution in [0.1, 0.15) is 37.7 Å². The van der Waals surface area contributed by atoms with E-state index in [9.17, 15) is 4.79 Å². The van der Waals surface area contributed by atoms with Gasteiger partial charge in [0.2, 0.25) is 5.91 Å². The van der Waals surface area contributed by atoms with Gasteiger partial charge in [-0.3, -0.25) is 4.79 Å². The lowest BCUT2D eigenvalue weighted by Gasteiger charge is -2.42. The van der Waals surface area contributed by atoms with Crippen LogP contribution in [0.3, 0.4) is 0 Å². The first-order chi connectivity index (χ1) is 11.2. The summed E-state index contributed by atoms with van der Waals surface area (Å²) in [4.78, 5) is 17.1. The van der Waals surface area contributed by atoms with Gasteiger partial charge in [-0.25, -0.2) is 0 Å². The molecular weight excluding hydrogens is 284 g/mol. The Labute approximate surface area is 140 Å². The molecule has 0 aromatic heterocycles. The Kier molecular flexibility index (Phi) is 5.50. The zero-order valence-electron chi connectivity index (χ0n) is 14.2. The second-order valence-electron chi connectivity index (χ2n) is 6.97. The number of likely N-dealkylation sites (tertiary alicyclic amines) is 2. The molecule has 0 radical (unpaired) electrons. The molecule has 1 amide bonds. The maximum absolute atomic E-state index is 12.5. The maximum atomic E-state index is 12.5. The standard InChI is InChI=1S/C20H28N2O/c1-21-14-6-5-11-19(21)18-10-7-15-22(16-18)20(23)13-12-17-8-3-2-4-9-17/h2-4,8-9,12-13,18-19H,5-7,10-11,14-16H2,1H3. The predicted molar refractivity (Wildman–Crippen MR) is 95.0 cm³/mol. The summed E-state index contributed by atoms with van der Waals surface area (Å²) in [6.07, 6.45) is 10.0. The van der Waals surface area contributed by atoms with Crippen LogP contribution in [0.2, 0.25) is 0 Å². The van der Waals surface area contributed by atoms with Crippen molar-refractivity contribution in [3.63, 3.8) is 0 Å². The van der Waals surface area contributed by atoms with Gasteiger partial charge in [0.1, 0.15) is 0 Å². The van der Waals surface area contributed by atoms with Crippen molar-refractivity contribution in [3.05, 3.63) is 42.0 Å². The third-order valence-electron chi connectivity index (χ3n) is 5.36. The molecule has 0 N–H and O–H groups in total. The zero-order chi connectivity index (χ0) is 16.1. The smallest absolute Gasteiger partial charge is 0.246 e. The van der Waals surface area contributed by atoms with E-state index in [0.29, 0.717) is 12.0 Å². The minimum Gasteiger partial charge on any atom is -0.339 e. The Morgan fingerprint density at radius 1 is 1.09 bits per heavy atom. The predicted octanol–water partition coefficient (Wildman–Crippen LogP) is 3.42. The van der Waals surface area contributed by atoms with E-state index in [1.165, 1.54) is 32.2 Å². The summed E-state index contributed by atoms with van der Waals surface area (Å²) >= 11 is 0. The summed E-state index contributed by atoms with van der Waals surface area (Å²) in [6.45, 7) is 3.04. The fourth-order valence-corrected chi connectivity index (χ4v) is 4.06. The summed E-state index contributed by atoms with van der Waals surface area (Å²) in [7, 11) is 2.25. The van der Waals surface area contributed by atoms with Crippen molar-refractivity contribution in [2.24, 2.45) is 5.92 Å². The minimum atomic E-state index is 0.164. The fourth-order valence-electron chi connectivity index (χ4n) is 4.06. The van der Waals surface area contributed by atoms with E-state index in [1.54, 1.807) is 6.08 Å². The Morgan fingerprint density at radius 2 is 1.91 bits per heavy atom. The molecule has 0 spiro atoms. The van der Waals surface area contributed by atoms with Crippen LogP contribution in [0.15, 0.2) is 36.4 Å². The summed E-state index contributed by atoms with van der Waals surface area (Å²) < 4.78 is 0. The number of benzene rings is 1. The molecule has 2 heterocycles. The highest BCUT2D eigenvalue weighted by atomic mass is 16.2. The summed E-state index contributed by atoms with van der Waals surface area (Å²) in [5, 5.41) is 0. The Balaban J connectivity index is 1.59. The van der Waals surface area contributed by atoms with E-state index in [2.05, 4.69) is 16.8 Å². The van der Waals surface area contributed by atoms with Crippen molar-refractivity contribution in [2.75, 3.05) is 26.7 Å². The Hall–Kier alpha value is -1.61. The van der Waals surface area contributed by atoms with Crippen molar-refractivity contribution in [3.8, 4) is 0 Å². The number of carbonyl (C=O) groups excluding carboxylic acids is 1. The van der Waals surface area contributed by atoms with Crippen molar-refractivity contribution in [1.29, 1.82) is 0 Å². The van der Waals surface area contributed by atoms with E-state index >= 15 is 0 Å². The van der Waals surface area contributed by atoms with Gasteiger partial charge in [0, 0.05) is 25.2 Å². The fraction of sp³-hybridized carbons (Fsp3) is 0.550. The molecule has 2 saturated heterocycles. The molecule has 0 bridgehead atoms. The van der Waals surface area contributed by atoms with Gasteiger partial charge in [0.25, 0.3) is 0 Å². The number of hydrogen-bond acceptors (Lipinski definition) is 2. The molecule has 3 heteroatoms. The van der Waals surface area contributed by atoms with E-state index < -0.39 is 0 Å². The lowest BCUT2D eigenvalue weighted by Crippen LogP contribution is -2.49. The molecule has 1 aromatic rings. The molecule has 0 aliphatic carbocycles. The first-order valence-electron chi connectivity index (χ1n) is 8.96. The first-order valence-corrected chi connectivity index (χ1v) is 8.96. The van der Waals surface area contributed by atoms with Crippen molar-refractivity contribution >= 4 is 12.0 Å². The summed E-state index contributed by atoms with van der Waals surface area (Å²) in [6, 6.07) is 10.7. The number of piperidine rings is 2. The monoisotopic (exact) mass is 312 g/mol. The van der Waals surface area contributed by atoms with Gasteiger partial charge in [-0.15, -0.1) is 0 Å². The quantitative estimate of drug-likeness (QED) is 0.799. The van der Waals surface area contributed by atoms with Crippen LogP contribution in [-0.2, 0) is 4.79 Å². The molecular formula is C20H28N2O. The van der Waals surface area contributed by atoms with Gasteiger partial charge in [-0.1, -0.05) is 36.8 Å². The second-order valence-corrected chi connectivity index (χ2v) is 6.97. The minimum absolute atomic E-state index is 0.164. The van der Waals surface area contributed by atoms with Gasteiger partial charge >= 0.3 is 0 Å². The number of rotatable bonds is 3. The number of amides is 1. The Bertz CT molecular complexity index is 540. The zero-order valence-corrected chi connectivity index (χ0v) is 14.2. The first kappa shape index (κ1) is 16.3. The third kappa shape index (κ3) is 4.23. The van der Waals surface area contributed by atoms with Crippen molar-refractivity contribution < 1.29 is 4.79 Å². The van der Waals surface area contributed by atoms with Crippen LogP contribution in [-0.4, -0.2) is 48.4 Å². The van der Waals surface area contributed by atoms with E-state index in [1.807, 2.05) is 36.4 Å². The van der Waals surface area contributed by atoms with Crippen LogP contribution < -0.4 is 0 Å². The molecule has 3 nitrogen and oxygen atoms in total. The van der Waals surface area contributed by atoms with Crippen LogP contribution in [0.25, 0.3) is 6.08 Å². The van der Waals surface area contributed by atoms with Gasteiger partial charge in [-0.2, -0.15) is 0 Å². The average molecular weight is 312 g/mol. The Morgan fingerprint density at radius 3 is 2.70 bits per heavy atom. The van der Waals surface area contributed by atoms with Crippen LogP contribution in [0, 0.1) is 5.92 Å². The molecule has 2 aliphatic rings. The lowest BCUT2D eigenvalue weighted by molar-refractivity contribution is -0.128. The summed E-state index contributed by atoms with van der Waals surface area (Å²) in [5.41, 5.74) is 1.08. The van der Waals surface area contributed by atoms with Crippen molar-refractivity contribution in [2.45, 2.75) is 38.1 Å². The molecule has 0 saturated carbocycles. The van der Waals surface area contributed by atoms with Gasteiger partial charge in [0.05, 0.1) is 0 Å². The number of hydrogen-bond donors (Lipinski definition) is 0. The summed E-state index contributed by atoms with van der Waals surface area (Å²) in [5.74, 6) is 0.806. The molecule has 3 rings (SSSR count). The number of carbonyl (C=O) groups is 1. The maximum Gasteiger partial charge on any atom is 0.246 e. The van der Waals surface area contributed by atoms with E-state index in [4.69, 9.17) is 0 Å². The van der Waals surface area contributed by atoms with Crippen LogP contribution >= 0.6 is 0 Å². The molecule has 2 unspecified atom stereocenters. The van der Waals surface area contributed by atoms with E-state index in [-0.39, 0.29) is 5.91 Å². The molecule has 124 valence electrons. The topological polar surface area (TPSA) is 23.6 Å². The van der Waals surface area contributed by atoms with Gasteiger partial charge < -0.3 is 9.80 Å². The lowest BCUT2D eigenvalue weighted by atomic mass is 9.85. The molecule has 23 heavy (non-hydrogen) atoms. The van der Waals surface area contributed by atoms with Crippen LogP contribution in [0.5, 0.6) is 0 Å². The molecule has 2 atom stereocenters. The average Bonchev–Trinajstić information content (AvgIpc) is 2.61.